The van der Waals surface area contributed by atoms with E-state index in [0.717, 1.165) is 16.7 Å². The second kappa shape index (κ2) is 6.50. The van der Waals surface area contributed by atoms with Gasteiger partial charge >= 0.3 is 5.69 Å². The summed E-state index contributed by atoms with van der Waals surface area (Å²) in [4.78, 5) is 19.0. The first-order valence-corrected chi connectivity index (χ1v) is 10.0. The van der Waals surface area contributed by atoms with Crippen LogP contribution < -0.4 is 10.6 Å². The molecular formula is C18H19FN4O3S. The second-order valence-corrected chi connectivity index (χ2v) is 8.52. The van der Waals surface area contributed by atoms with Gasteiger partial charge in [0.15, 0.2) is 0 Å². The summed E-state index contributed by atoms with van der Waals surface area (Å²) >= 11 is 0. The number of nitrogens with one attached hydrogen (secondary N) is 2. The minimum Gasteiger partial charge on any atom is -0.369 e. The van der Waals surface area contributed by atoms with Crippen molar-refractivity contribution in [2.75, 3.05) is 31.1 Å². The van der Waals surface area contributed by atoms with Crippen molar-refractivity contribution in [3.63, 3.8) is 0 Å². The SMILES string of the molecule is Cc1cc(F)ccc1S(=O)(=O)N1CCN(c2ccc3[nH]c(=O)[nH]c3c2)CC1. The highest BCUT2D eigenvalue weighted by molar-refractivity contribution is 7.89. The minimum atomic E-state index is -3.66. The molecule has 27 heavy (non-hydrogen) atoms. The molecule has 1 saturated heterocycles. The van der Waals surface area contributed by atoms with E-state index in [1.54, 1.807) is 6.92 Å². The molecule has 1 aliphatic rings. The van der Waals surface area contributed by atoms with Gasteiger partial charge in [-0.3, -0.25) is 0 Å². The summed E-state index contributed by atoms with van der Waals surface area (Å²) in [6.45, 7) is 3.32. The quantitative estimate of drug-likeness (QED) is 0.714. The predicted molar refractivity (Wildman–Crippen MR) is 101 cm³/mol. The maximum Gasteiger partial charge on any atom is 0.323 e. The first kappa shape index (κ1) is 17.7. The molecule has 0 aliphatic carbocycles. The maximum atomic E-state index is 13.3. The van der Waals surface area contributed by atoms with E-state index in [1.165, 1.54) is 22.5 Å². The lowest BCUT2D eigenvalue weighted by molar-refractivity contribution is 0.384. The highest BCUT2D eigenvalue weighted by atomic mass is 32.2. The lowest BCUT2D eigenvalue weighted by Crippen LogP contribution is -2.48. The highest BCUT2D eigenvalue weighted by Crippen LogP contribution is 2.25. The van der Waals surface area contributed by atoms with Gasteiger partial charge < -0.3 is 14.9 Å². The van der Waals surface area contributed by atoms with Crippen molar-refractivity contribution in [2.45, 2.75) is 11.8 Å². The molecule has 142 valence electrons. The van der Waals surface area contributed by atoms with E-state index < -0.39 is 15.8 Å². The van der Waals surface area contributed by atoms with Crippen molar-refractivity contribution >= 4 is 26.7 Å². The lowest BCUT2D eigenvalue weighted by atomic mass is 10.2. The molecule has 0 saturated carbocycles. The number of fused-ring (bicyclic) bond motifs is 1. The molecule has 0 unspecified atom stereocenters. The molecule has 0 spiro atoms. The second-order valence-electron chi connectivity index (χ2n) is 6.61. The van der Waals surface area contributed by atoms with Gasteiger partial charge in [-0.15, -0.1) is 0 Å². The monoisotopic (exact) mass is 390 g/mol. The van der Waals surface area contributed by atoms with Crippen LogP contribution in [0.15, 0.2) is 46.1 Å². The summed E-state index contributed by atoms with van der Waals surface area (Å²) in [5.41, 5.74) is 2.52. The Kier molecular flexibility index (Phi) is 4.27. The third kappa shape index (κ3) is 3.24. The Bertz CT molecular complexity index is 1160. The zero-order valence-corrected chi connectivity index (χ0v) is 15.5. The minimum absolute atomic E-state index is 0.142. The number of H-pyrrole nitrogens is 2. The number of benzene rings is 2. The fourth-order valence-electron chi connectivity index (χ4n) is 3.45. The van der Waals surface area contributed by atoms with Gasteiger partial charge in [0.1, 0.15) is 5.82 Å². The molecular weight excluding hydrogens is 371 g/mol. The summed E-state index contributed by atoms with van der Waals surface area (Å²) in [6, 6.07) is 9.33. The molecule has 2 aromatic carbocycles. The number of anilines is 1. The van der Waals surface area contributed by atoms with Crippen LogP contribution in [-0.2, 0) is 10.0 Å². The normalized spacial score (nSPS) is 16.1. The van der Waals surface area contributed by atoms with Crippen LogP contribution in [0, 0.1) is 12.7 Å². The average Bonchev–Trinajstić information content (AvgIpc) is 3.00. The van der Waals surface area contributed by atoms with Gasteiger partial charge in [-0.05, 0) is 48.9 Å². The smallest absolute Gasteiger partial charge is 0.323 e. The molecule has 0 amide bonds. The maximum absolute atomic E-state index is 13.3. The Labute approximate surface area is 155 Å². The summed E-state index contributed by atoms with van der Waals surface area (Å²) in [5, 5.41) is 0. The van der Waals surface area contributed by atoms with Crippen LogP contribution in [0.4, 0.5) is 10.1 Å². The van der Waals surface area contributed by atoms with Crippen molar-refractivity contribution in [3.05, 3.63) is 58.3 Å². The van der Waals surface area contributed by atoms with Crippen LogP contribution in [0.5, 0.6) is 0 Å². The van der Waals surface area contributed by atoms with Gasteiger partial charge in [0.25, 0.3) is 0 Å². The number of hydrogen-bond acceptors (Lipinski definition) is 4. The van der Waals surface area contributed by atoms with Crippen molar-refractivity contribution in [3.8, 4) is 0 Å². The zero-order valence-electron chi connectivity index (χ0n) is 14.7. The van der Waals surface area contributed by atoms with E-state index in [0.29, 0.717) is 31.7 Å². The average molecular weight is 390 g/mol. The Hall–Kier alpha value is -2.65. The fourth-order valence-corrected chi connectivity index (χ4v) is 5.07. The summed E-state index contributed by atoms with van der Waals surface area (Å²) in [5.74, 6) is -0.450. The Morgan fingerprint density at radius 3 is 2.37 bits per heavy atom. The lowest BCUT2D eigenvalue weighted by Gasteiger charge is -2.35. The number of imidazole rings is 1. The van der Waals surface area contributed by atoms with E-state index in [4.69, 9.17) is 0 Å². The standard InChI is InChI=1S/C18H19FN4O3S/c1-12-10-13(19)2-5-17(12)27(25,26)23-8-6-22(7-9-23)14-3-4-15-16(11-14)21-18(24)20-15/h2-5,10-11H,6-9H2,1H3,(H2,20,21,24). The molecule has 1 aromatic heterocycles. The first-order chi connectivity index (χ1) is 12.8. The Morgan fingerprint density at radius 2 is 1.67 bits per heavy atom. The molecule has 0 atom stereocenters. The molecule has 3 aromatic rings. The topological polar surface area (TPSA) is 89.3 Å². The van der Waals surface area contributed by atoms with Crippen molar-refractivity contribution < 1.29 is 12.8 Å². The van der Waals surface area contributed by atoms with E-state index in [2.05, 4.69) is 14.9 Å². The number of hydrogen-bond donors (Lipinski definition) is 2. The van der Waals surface area contributed by atoms with Crippen LogP contribution in [0.3, 0.4) is 0 Å². The van der Waals surface area contributed by atoms with Crippen LogP contribution in [0.1, 0.15) is 5.56 Å². The number of aromatic amines is 2. The number of halogens is 1. The van der Waals surface area contributed by atoms with Gasteiger partial charge in [0.2, 0.25) is 10.0 Å². The summed E-state index contributed by atoms with van der Waals surface area (Å²) < 4.78 is 40.5. The molecule has 7 nitrogen and oxygen atoms in total. The largest absolute Gasteiger partial charge is 0.369 e. The molecule has 1 fully saturated rings. The van der Waals surface area contributed by atoms with Gasteiger partial charge in [0.05, 0.1) is 15.9 Å². The van der Waals surface area contributed by atoms with E-state index in [9.17, 15) is 17.6 Å². The summed E-state index contributed by atoms with van der Waals surface area (Å²) in [6.07, 6.45) is 0. The van der Waals surface area contributed by atoms with Crippen LogP contribution in [0.25, 0.3) is 11.0 Å². The number of rotatable bonds is 3. The number of aryl methyl sites for hydroxylation is 1. The van der Waals surface area contributed by atoms with Crippen LogP contribution in [0.2, 0.25) is 0 Å². The number of aromatic nitrogens is 2. The van der Waals surface area contributed by atoms with Crippen LogP contribution >= 0.6 is 0 Å². The van der Waals surface area contributed by atoms with Gasteiger partial charge in [-0.2, -0.15) is 4.31 Å². The van der Waals surface area contributed by atoms with Crippen molar-refractivity contribution in [1.29, 1.82) is 0 Å². The van der Waals surface area contributed by atoms with E-state index in [1.807, 2.05) is 18.2 Å². The third-order valence-corrected chi connectivity index (χ3v) is 6.92. The number of sulfonamides is 1. The van der Waals surface area contributed by atoms with Gasteiger partial charge in [-0.25, -0.2) is 17.6 Å². The fraction of sp³-hybridized carbons (Fsp3) is 0.278. The Morgan fingerprint density at radius 1 is 0.963 bits per heavy atom. The molecule has 9 heteroatoms. The molecule has 0 radical (unpaired) electrons. The van der Waals surface area contributed by atoms with E-state index >= 15 is 0 Å². The highest BCUT2D eigenvalue weighted by Gasteiger charge is 2.29. The Balaban J connectivity index is 1.53. The number of nitrogens with zero attached hydrogens (tertiary/aromatic N) is 2. The molecule has 0 bridgehead atoms. The first-order valence-electron chi connectivity index (χ1n) is 8.58. The zero-order chi connectivity index (χ0) is 19.2. The van der Waals surface area contributed by atoms with Crippen molar-refractivity contribution in [1.82, 2.24) is 14.3 Å². The van der Waals surface area contributed by atoms with Crippen LogP contribution in [-0.4, -0.2) is 48.9 Å². The third-order valence-electron chi connectivity index (χ3n) is 4.86. The molecule has 2 heterocycles. The van der Waals surface area contributed by atoms with Gasteiger partial charge in [-0.1, -0.05) is 0 Å². The van der Waals surface area contributed by atoms with E-state index in [-0.39, 0.29) is 10.6 Å². The summed E-state index contributed by atoms with van der Waals surface area (Å²) in [7, 11) is -3.66. The van der Waals surface area contributed by atoms with Gasteiger partial charge in [0, 0.05) is 31.9 Å². The van der Waals surface area contributed by atoms with Crippen molar-refractivity contribution in [2.24, 2.45) is 0 Å². The number of piperazine rings is 1. The molecule has 1 aliphatic heterocycles. The molecule has 2 N–H and O–H groups in total. The predicted octanol–water partition coefficient (Wildman–Crippen LogP) is 1.81. The molecule has 4 rings (SSSR count).